The van der Waals surface area contributed by atoms with Crippen molar-refractivity contribution in [1.29, 1.82) is 0 Å². The van der Waals surface area contributed by atoms with E-state index in [2.05, 4.69) is 4.99 Å². The molecule has 0 saturated heterocycles. The minimum absolute atomic E-state index is 0.0655. The molecule has 148 valence electrons. The zero-order valence-electron chi connectivity index (χ0n) is 15.4. The van der Waals surface area contributed by atoms with E-state index in [0.29, 0.717) is 23.2 Å². The third kappa shape index (κ3) is 5.05. The molecule has 0 saturated carbocycles. The molecule has 0 heterocycles. The van der Waals surface area contributed by atoms with Crippen molar-refractivity contribution in [2.24, 2.45) is 16.6 Å². The van der Waals surface area contributed by atoms with Crippen LogP contribution in [0.5, 0.6) is 0 Å². The van der Waals surface area contributed by atoms with Gasteiger partial charge in [-0.15, -0.1) is 0 Å². The molecule has 1 aromatic carbocycles. The van der Waals surface area contributed by atoms with Crippen molar-refractivity contribution in [3.8, 4) is 0 Å². The molecule has 0 aliphatic heterocycles. The highest BCUT2D eigenvalue weighted by molar-refractivity contribution is 6.05. The van der Waals surface area contributed by atoms with Crippen molar-refractivity contribution >= 4 is 17.3 Å². The maximum absolute atomic E-state index is 14.3. The summed E-state index contributed by atoms with van der Waals surface area (Å²) in [4.78, 5) is 16.2. The maximum atomic E-state index is 14.3. The first-order valence-corrected chi connectivity index (χ1v) is 8.53. The zero-order chi connectivity index (χ0) is 20.8. The standard InChI is InChI=1S/C20H20F3N3O2/c1-11(2)19(24)26-20(27)13-5-3-4-12(8-13)15(6-7-25-28)18-16(22)9-14(21)10-17(18)23/h3,5-11,25,28H,4H2,1-2H3,(H2,24,26,27)/p+1/b7-6-,15-12-. The van der Waals surface area contributed by atoms with Crippen molar-refractivity contribution in [2.45, 2.75) is 20.3 Å². The fourth-order valence-corrected chi connectivity index (χ4v) is 2.53. The van der Waals surface area contributed by atoms with E-state index in [0.717, 1.165) is 0 Å². The first kappa shape index (κ1) is 21.3. The Labute approximate surface area is 160 Å². The average molecular weight is 392 g/mol. The van der Waals surface area contributed by atoms with Crippen LogP contribution in [0.25, 0.3) is 5.57 Å². The lowest BCUT2D eigenvalue weighted by atomic mass is 9.92. The molecule has 0 spiro atoms. The summed E-state index contributed by atoms with van der Waals surface area (Å²) in [6.07, 6.45) is 7.34. The quantitative estimate of drug-likeness (QED) is 0.409. The summed E-state index contributed by atoms with van der Waals surface area (Å²) in [5.74, 6) is -3.78. The highest BCUT2D eigenvalue weighted by atomic mass is 19.1. The van der Waals surface area contributed by atoms with Crippen LogP contribution in [0.15, 0.2) is 58.8 Å². The number of allylic oxidation sites excluding steroid dienone is 5. The third-order valence-electron chi connectivity index (χ3n) is 4.01. The number of nitrogens with zero attached hydrogens (tertiary/aromatic N) is 1. The molecule has 5 nitrogen and oxygen atoms in total. The second kappa shape index (κ2) is 9.29. The Kier molecular flexibility index (Phi) is 7.08. The first-order chi connectivity index (χ1) is 13.2. The second-order valence-electron chi connectivity index (χ2n) is 6.39. The highest BCUT2D eigenvalue weighted by Crippen LogP contribution is 2.31. The van der Waals surface area contributed by atoms with Crippen LogP contribution in [-0.4, -0.2) is 17.0 Å². The molecular formula is C20H21F3N3O2+. The van der Waals surface area contributed by atoms with Crippen molar-refractivity contribution in [1.82, 2.24) is 0 Å². The van der Waals surface area contributed by atoms with Crippen molar-refractivity contribution in [3.05, 3.63) is 76.8 Å². The summed E-state index contributed by atoms with van der Waals surface area (Å²) < 4.78 is 41.9. The molecule has 0 aromatic heterocycles. The Bertz CT molecular complexity index is 906. The summed E-state index contributed by atoms with van der Waals surface area (Å²) in [7, 11) is 0. The van der Waals surface area contributed by atoms with Crippen molar-refractivity contribution in [2.75, 3.05) is 0 Å². The molecule has 1 aliphatic rings. The van der Waals surface area contributed by atoms with Gasteiger partial charge in [-0.3, -0.25) is 4.79 Å². The second-order valence-corrected chi connectivity index (χ2v) is 6.39. The predicted molar refractivity (Wildman–Crippen MR) is 99.4 cm³/mol. The van der Waals surface area contributed by atoms with Gasteiger partial charge in [-0.25, -0.2) is 18.4 Å². The lowest BCUT2D eigenvalue weighted by Gasteiger charge is -2.14. The number of carbonyl (C=O) groups excluding carboxylic acids is 1. The number of quaternary nitrogens is 1. The van der Waals surface area contributed by atoms with E-state index >= 15 is 0 Å². The lowest BCUT2D eigenvalue weighted by Crippen LogP contribution is -2.73. The van der Waals surface area contributed by atoms with E-state index in [9.17, 15) is 18.0 Å². The average Bonchev–Trinajstić information content (AvgIpc) is 2.63. The molecular weight excluding hydrogens is 371 g/mol. The van der Waals surface area contributed by atoms with E-state index in [1.807, 2.05) is 0 Å². The van der Waals surface area contributed by atoms with Gasteiger partial charge in [-0.1, -0.05) is 26.0 Å². The number of halogens is 3. The Hall–Kier alpha value is -2.97. The Morgan fingerprint density at radius 2 is 1.93 bits per heavy atom. The van der Waals surface area contributed by atoms with E-state index < -0.39 is 28.9 Å². The van der Waals surface area contributed by atoms with Gasteiger partial charge in [0.2, 0.25) is 0 Å². The molecule has 1 aliphatic carbocycles. The molecule has 0 atom stereocenters. The zero-order valence-corrected chi connectivity index (χ0v) is 15.4. The van der Waals surface area contributed by atoms with Gasteiger partial charge < -0.3 is 5.73 Å². The van der Waals surface area contributed by atoms with Crippen LogP contribution in [0.4, 0.5) is 13.2 Å². The predicted octanol–water partition coefficient (Wildman–Crippen LogP) is 2.75. The first-order valence-electron chi connectivity index (χ1n) is 8.53. The normalized spacial score (nSPS) is 16.7. The topological polar surface area (TPSA) is 92.3 Å². The minimum atomic E-state index is -1.10. The Morgan fingerprint density at radius 3 is 2.50 bits per heavy atom. The lowest BCUT2D eigenvalue weighted by molar-refractivity contribution is -0.838. The number of hydroxylamine groups is 1. The summed E-state index contributed by atoms with van der Waals surface area (Å²) in [5, 5.41) is 8.94. The van der Waals surface area contributed by atoms with E-state index in [-0.39, 0.29) is 29.3 Å². The number of rotatable bonds is 5. The Morgan fingerprint density at radius 1 is 1.29 bits per heavy atom. The molecule has 28 heavy (non-hydrogen) atoms. The van der Waals surface area contributed by atoms with E-state index in [4.69, 9.17) is 10.9 Å². The summed E-state index contributed by atoms with van der Waals surface area (Å²) in [5.41, 5.74) is 6.60. The molecule has 5 N–H and O–H groups in total. The number of amides is 1. The van der Waals surface area contributed by atoms with Crippen LogP contribution in [0, 0.1) is 23.4 Å². The monoisotopic (exact) mass is 392 g/mol. The fourth-order valence-electron chi connectivity index (χ4n) is 2.53. The van der Waals surface area contributed by atoms with Gasteiger partial charge in [0.05, 0.1) is 5.56 Å². The number of amidine groups is 1. The van der Waals surface area contributed by atoms with E-state index in [1.165, 1.54) is 18.4 Å². The van der Waals surface area contributed by atoms with E-state index in [1.54, 1.807) is 26.0 Å². The van der Waals surface area contributed by atoms with Crippen LogP contribution in [0.3, 0.4) is 0 Å². The smallest absolute Gasteiger partial charge is 0.278 e. The molecule has 0 bridgehead atoms. The van der Waals surface area contributed by atoms with Gasteiger partial charge in [0.1, 0.15) is 29.5 Å². The van der Waals surface area contributed by atoms with Gasteiger partial charge in [0, 0.05) is 29.7 Å². The number of hydrogen-bond acceptors (Lipinski definition) is 2. The highest BCUT2D eigenvalue weighted by Gasteiger charge is 2.20. The molecule has 8 heteroatoms. The number of hydrogen-bond donors (Lipinski definition) is 3. The number of aliphatic imine (C=N–C) groups is 1. The van der Waals surface area contributed by atoms with Gasteiger partial charge in [0.15, 0.2) is 0 Å². The van der Waals surface area contributed by atoms with Gasteiger partial charge in [-0.2, -0.15) is 10.5 Å². The summed E-state index contributed by atoms with van der Waals surface area (Å²) in [6.45, 7) is 3.58. The molecule has 1 aromatic rings. The molecule has 0 fully saturated rings. The summed E-state index contributed by atoms with van der Waals surface area (Å²) >= 11 is 0. The SMILES string of the molecule is CC(C)C(N)=NC(=O)C1=C/C(=C(/C=C\[NH2+]O)c2c(F)cc(F)cc2F)CC=C1. The largest absolute Gasteiger partial charge is 0.387 e. The van der Waals surface area contributed by atoms with Crippen LogP contribution < -0.4 is 11.2 Å². The van der Waals surface area contributed by atoms with Crippen LogP contribution in [0.2, 0.25) is 0 Å². The number of carbonyl (C=O) groups is 1. The van der Waals surface area contributed by atoms with Crippen molar-refractivity contribution < 1.29 is 28.7 Å². The van der Waals surface area contributed by atoms with Gasteiger partial charge >= 0.3 is 0 Å². The van der Waals surface area contributed by atoms with Crippen molar-refractivity contribution in [3.63, 3.8) is 0 Å². The number of benzene rings is 1. The van der Waals surface area contributed by atoms with Crippen LogP contribution in [-0.2, 0) is 4.79 Å². The fraction of sp³-hybridized carbons (Fsp3) is 0.200. The molecule has 0 radical (unpaired) electrons. The van der Waals surface area contributed by atoms with Gasteiger partial charge in [-0.05, 0) is 23.6 Å². The number of nitrogens with two attached hydrogens (primary N) is 2. The van der Waals surface area contributed by atoms with Crippen LogP contribution >= 0.6 is 0 Å². The molecule has 0 unspecified atom stereocenters. The maximum Gasteiger partial charge on any atom is 0.278 e. The third-order valence-corrected chi connectivity index (χ3v) is 4.01. The minimum Gasteiger partial charge on any atom is -0.387 e. The Balaban J connectivity index is 2.60. The summed E-state index contributed by atoms with van der Waals surface area (Å²) in [6, 6.07) is 1.13. The molecule has 2 rings (SSSR count). The molecule has 1 amide bonds. The van der Waals surface area contributed by atoms with Gasteiger partial charge in [0.25, 0.3) is 5.91 Å². The van der Waals surface area contributed by atoms with Crippen LogP contribution in [0.1, 0.15) is 25.8 Å².